The summed E-state index contributed by atoms with van der Waals surface area (Å²) in [6, 6.07) is 7.86. The van der Waals surface area contributed by atoms with Crippen molar-refractivity contribution in [3.05, 3.63) is 35.9 Å². The summed E-state index contributed by atoms with van der Waals surface area (Å²) in [6.45, 7) is 3.64. The topological polar surface area (TPSA) is 75.6 Å². The van der Waals surface area contributed by atoms with E-state index in [1.165, 1.54) is 0 Å². The summed E-state index contributed by atoms with van der Waals surface area (Å²) in [6.07, 6.45) is 0.733. The van der Waals surface area contributed by atoms with Crippen LogP contribution >= 0.6 is 0 Å². The lowest BCUT2D eigenvalue weighted by molar-refractivity contribution is -0.141. The second kappa shape index (κ2) is 7.53. The Kier molecular flexibility index (Phi) is 6.02. The van der Waals surface area contributed by atoms with Crippen molar-refractivity contribution in [2.75, 3.05) is 6.73 Å². The van der Waals surface area contributed by atoms with Crippen LogP contribution in [0.4, 0.5) is 0 Å². The van der Waals surface area contributed by atoms with Crippen molar-refractivity contribution >= 4 is 11.9 Å². The lowest BCUT2D eigenvalue weighted by atomic mass is 10.00. The number of hydrogen-bond donors (Lipinski definition) is 2. The second-order valence-corrected chi connectivity index (χ2v) is 4.35. The van der Waals surface area contributed by atoms with E-state index in [0.29, 0.717) is 5.56 Å². The number of nitrogens with one attached hydrogen (secondary N) is 1. The fraction of sp³-hybridized carbons (Fsp3) is 0.429. The van der Waals surface area contributed by atoms with Gasteiger partial charge in [0.05, 0.1) is 5.56 Å². The van der Waals surface area contributed by atoms with E-state index < -0.39 is 18.0 Å². The predicted molar refractivity (Wildman–Crippen MR) is 70.7 cm³/mol. The quantitative estimate of drug-likeness (QED) is 0.581. The maximum atomic E-state index is 11.6. The van der Waals surface area contributed by atoms with Gasteiger partial charge in [0.25, 0.3) is 0 Å². The lowest BCUT2D eigenvalue weighted by Crippen LogP contribution is -2.43. The molecule has 1 rings (SSSR count). The molecule has 1 aromatic rings. The van der Waals surface area contributed by atoms with Crippen LogP contribution in [-0.2, 0) is 9.53 Å². The van der Waals surface area contributed by atoms with Gasteiger partial charge in [-0.3, -0.25) is 10.1 Å². The first-order valence-electron chi connectivity index (χ1n) is 6.24. The fourth-order valence-corrected chi connectivity index (χ4v) is 1.62. The number of carbonyl (C=O) groups excluding carboxylic acids is 1. The molecule has 1 unspecified atom stereocenters. The third kappa shape index (κ3) is 4.71. The number of carboxylic acid groups (broad SMARTS) is 1. The Balaban J connectivity index is 2.44. The van der Waals surface area contributed by atoms with Gasteiger partial charge in [0, 0.05) is 0 Å². The molecule has 0 spiro atoms. The largest absolute Gasteiger partial charge is 0.480 e. The van der Waals surface area contributed by atoms with E-state index in [9.17, 15) is 9.59 Å². The molecule has 0 radical (unpaired) electrons. The molecule has 0 aromatic heterocycles. The van der Waals surface area contributed by atoms with Crippen molar-refractivity contribution in [1.82, 2.24) is 5.32 Å². The lowest BCUT2D eigenvalue weighted by Gasteiger charge is -2.19. The second-order valence-electron chi connectivity index (χ2n) is 4.35. The number of aliphatic carboxylic acids is 1. The first-order valence-corrected chi connectivity index (χ1v) is 6.24. The van der Waals surface area contributed by atoms with Crippen molar-refractivity contribution in [2.24, 2.45) is 5.92 Å². The highest BCUT2D eigenvalue weighted by molar-refractivity contribution is 5.89. The van der Waals surface area contributed by atoms with Gasteiger partial charge in [-0.25, -0.2) is 4.79 Å². The van der Waals surface area contributed by atoms with Crippen LogP contribution in [0, 0.1) is 5.92 Å². The molecular formula is C14H19NO4. The minimum atomic E-state index is -0.940. The van der Waals surface area contributed by atoms with Crippen molar-refractivity contribution in [3.63, 3.8) is 0 Å². The van der Waals surface area contributed by atoms with E-state index in [0.717, 1.165) is 6.42 Å². The maximum Gasteiger partial charge on any atom is 0.339 e. The van der Waals surface area contributed by atoms with Gasteiger partial charge in [-0.15, -0.1) is 0 Å². The summed E-state index contributed by atoms with van der Waals surface area (Å²) in [5, 5.41) is 11.8. The van der Waals surface area contributed by atoms with Gasteiger partial charge in [0.15, 0.2) is 0 Å². The normalized spacial score (nSPS) is 13.6. The number of hydrogen-bond acceptors (Lipinski definition) is 4. The van der Waals surface area contributed by atoms with Crippen LogP contribution < -0.4 is 5.32 Å². The summed E-state index contributed by atoms with van der Waals surface area (Å²) in [5.74, 6) is -1.44. The minimum Gasteiger partial charge on any atom is -0.480 e. The Labute approximate surface area is 112 Å². The van der Waals surface area contributed by atoms with Crippen LogP contribution in [0.2, 0.25) is 0 Å². The van der Waals surface area contributed by atoms with E-state index >= 15 is 0 Å². The average molecular weight is 265 g/mol. The highest BCUT2D eigenvalue weighted by Gasteiger charge is 2.23. The molecule has 2 atom stereocenters. The van der Waals surface area contributed by atoms with Crippen LogP contribution in [0.15, 0.2) is 30.3 Å². The van der Waals surface area contributed by atoms with Gasteiger partial charge in [-0.2, -0.15) is 0 Å². The summed E-state index contributed by atoms with van der Waals surface area (Å²) >= 11 is 0. The predicted octanol–water partition coefficient (Wildman–Crippen LogP) is 1.89. The molecule has 2 N–H and O–H groups in total. The standard InChI is InChI=1S/C14H19NO4/c1-3-10(2)12(13(16)17)15-9-19-14(18)11-7-5-4-6-8-11/h4-8,10,12,15H,3,9H2,1-2H3,(H,16,17)/t10?,12-/m0/s1. The SMILES string of the molecule is CCC(C)[C@H](NCOC(=O)c1ccccc1)C(=O)O. The molecule has 0 fully saturated rings. The van der Waals surface area contributed by atoms with Crippen molar-refractivity contribution in [3.8, 4) is 0 Å². The summed E-state index contributed by atoms with van der Waals surface area (Å²) in [7, 11) is 0. The Hall–Kier alpha value is -1.88. The Bertz CT molecular complexity index is 419. The third-order valence-corrected chi connectivity index (χ3v) is 3.00. The molecule has 0 saturated heterocycles. The molecule has 0 saturated carbocycles. The van der Waals surface area contributed by atoms with Gasteiger partial charge >= 0.3 is 11.9 Å². The molecule has 0 aliphatic heterocycles. The van der Waals surface area contributed by atoms with Crippen LogP contribution in [0.3, 0.4) is 0 Å². The first-order chi connectivity index (χ1) is 9.06. The minimum absolute atomic E-state index is 0.0343. The molecule has 0 amide bonds. The highest BCUT2D eigenvalue weighted by Crippen LogP contribution is 2.08. The van der Waals surface area contributed by atoms with E-state index in [-0.39, 0.29) is 12.6 Å². The molecule has 1 aromatic carbocycles. The number of rotatable bonds is 7. The number of benzene rings is 1. The maximum absolute atomic E-state index is 11.6. The van der Waals surface area contributed by atoms with Crippen LogP contribution in [-0.4, -0.2) is 29.8 Å². The van der Waals surface area contributed by atoms with Crippen molar-refractivity contribution < 1.29 is 19.4 Å². The third-order valence-electron chi connectivity index (χ3n) is 3.00. The number of esters is 1. The van der Waals surface area contributed by atoms with Crippen LogP contribution in [0.25, 0.3) is 0 Å². The zero-order valence-corrected chi connectivity index (χ0v) is 11.1. The van der Waals surface area contributed by atoms with E-state index in [1.54, 1.807) is 30.3 Å². The Morgan fingerprint density at radius 1 is 1.32 bits per heavy atom. The van der Waals surface area contributed by atoms with Gasteiger partial charge in [-0.1, -0.05) is 38.5 Å². The zero-order valence-electron chi connectivity index (χ0n) is 11.1. The van der Waals surface area contributed by atoms with Crippen molar-refractivity contribution in [1.29, 1.82) is 0 Å². The fourth-order valence-electron chi connectivity index (χ4n) is 1.62. The molecule has 0 aliphatic carbocycles. The van der Waals surface area contributed by atoms with Crippen LogP contribution in [0.5, 0.6) is 0 Å². The monoisotopic (exact) mass is 265 g/mol. The van der Waals surface area contributed by atoms with E-state index in [4.69, 9.17) is 9.84 Å². The molecule has 5 nitrogen and oxygen atoms in total. The van der Waals surface area contributed by atoms with E-state index in [2.05, 4.69) is 5.32 Å². The molecule has 104 valence electrons. The number of carboxylic acids is 1. The zero-order chi connectivity index (χ0) is 14.3. The molecule has 0 heterocycles. The van der Waals surface area contributed by atoms with Crippen molar-refractivity contribution in [2.45, 2.75) is 26.3 Å². The summed E-state index contributed by atoms with van der Waals surface area (Å²) in [5.41, 5.74) is 0.444. The smallest absolute Gasteiger partial charge is 0.339 e. The first kappa shape index (κ1) is 15.2. The molecular weight excluding hydrogens is 246 g/mol. The van der Waals surface area contributed by atoms with Gasteiger partial charge in [-0.05, 0) is 18.1 Å². The average Bonchev–Trinajstić information content (AvgIpc) is 2.43. The Morgan fingerprint density at radius 3 is 2.47 bits per heavy atom. The Morgan fingerprint density at radius 2 is 1.95 bits per heavy atom. The molecule has 19 heavy (non-hydrogen) atoms. The molecule has 0 bridgehead atoms. The number of ether oxygens (including phenoxy) is 1. The summed E-state index contributed by atoms with van der Waals surface area (Å²) in [4.78, 5) is 22.7. The molecule has 5 heteroatoms. The van der Waals surface area contributed by atoms with Crippen LogP contribution in [0.1, 0.15) is 30.6 Å². The van der Waals surface area contributed by atoms with Gasteiger partial charge in [0.1, 0.15) is 12.8 Å². The molecule has 0 aliphatic rings. The summed E-state index contributed by atoms with van der Waals surface area (Å²) < 4.78 is 4.99. The van der Waals surface area contributed by atoms with E-state index in [1.807, 2.05) is 13.8 Å². The van der Waals surface area contributed by atoms with Gasteiger partial charge in [0.2, 0.25) is 0 Å². The van der Waals surface area contributed by atoms with Gasteiger partial charge < -0.3 is 9.84 Å². The number of carbonyl (C=O) groups is 2. The highest BCUT2D eigenvalue weighted by atomic mass is 16.5.